The zero-order chi connectivity index (χ0) is 13.9. The highest BCUT2D eigenvalue weighted by molar-refractivity contribution is 5.75. The summed E-state index contributed by atoms with van der Waals surface area (Å²) in [5.74, 6) is -0.0191. The summed E-state index contributed by atoms with van der Waals surface area (Å²) in [5.41, 5.74) is 0.636. The first-order chi connectivity index (χ1) is 9.00. The topological polar surface area (TPSA) is 59.6 Å². The first-order valence-corrected chi connectivity index (χ1v) is 5.84. The van der Waals surface area contributed by atoms with Crippen molar-refractivity contribution in [3.63, 3.8) is 0 Å². The lowest BCUT2D eigenvalue weighted by molar-refractivity contribution is -0.286. The molecule has 1 aromatic carbocycles. The molecule has 5 nitrogen and oxygen atoms in total. The highest BCUT2D eigenvalue weighted by atomic mass is 19.3. The Bertz CT molecular complexity index is 480. The molecule has 19 heavy (non-hydrogen) atoms. The number of amides is 1. The van der Waals surface area contributed by atoms with Gasteiger partial charge in [-0.15, -0.1) is 8.78 Å². The molecule has 7 heteroatoms. The second-order valence-electron chi connectivity index (χ2n) is 4.03. The van der Waals surface area contributed by atoms with Crippen molar-refractivity contribution in [3.05, 3.63) is 18.2 Å². The number of rotatable bonds is 5. The predicted molar refractivity (Wildman–Crippen MR) is 64.4 cm³/mol. The molecular weight excluding hydrogens is 258 g/mol. The number of carbonyl (C=O) groups excluding carboxylic acids is 1. The number of carbonyl (C=O) groups is 1. The van der Waals surface area contributed by atoms with E-state index in [2.05, 4.69) is 20.1 Å². The summed E-state index contributed by atoms with van der Waals surface area (Å²) in [6.45, 7) is 0.559. The van der Waals surface area contributed by atoms with Crippen molar-refractivity contribution in [2.24, 2.45) is 0 Å². The van der Waals surface area contributed by atoms with E-state index >= 15 is 0 Å². The molecule has 1 heterocycles. The third-order valence-corrected chi connectivity index (χ3v) is 2.59. The molecule has 0 fully saturated rings. The van der Waals surface area contributed by atoms with Crippen LogP contribution >= 0.6 is 0 Å². The molecule has 0 atom stereocenters. The highest BCUT2D eigenvalue weighted by Crippen LogP contribution is 2.42. The second kappa shape index (κ2) is 5.29. The Hall–Kier alpha value is -2.05. The van der Waals surface area contributed by atoms with Crippen molar-refractivity contribution in [3.8, 4) is 11.5 Å². The van der Waals surface area contributed by atoms with Crippen LogP contribution in [0.5, 0.6) is 11.5 Å². The third kappa shape index (κ3) is 3.46. The third-order valence-electron chi connectivity index (χ3n) is 2.59. The van der Waals surface area contributed by atoms with Crippen molar-refractivity contribution in [1.29, 1.82) is 0 Å². The van der Waals surface area contributed by atoms with Crippen LogP contribution in [0.3, 0.4) is 0 Å². The number of fused-ring (bicyclic) bond motifs is 1. The van der Waals surface area contributed by atoms with Crippen LogP contribution in [-0.2, 0) is 4.79 Å². The molecular formula is C12H14F2N2O3. The maximum absolute atomic E-state index is 12.8. The van der Waals surface area contributed by atoms with E-state index in [9.17, 15) is 13.6 Å². The Labute approximate surface area is 108 Å². The zero-order valence-corrected chi connectivity index (χ0v) is 10.3. The van der Waals surface area contributed by atoms with Gasteiger partial charge in [0.15, 0.2) is 11.5 Å². The Kier molecular flexibility index (Phi) is 3.73. The fourth-order valence-corrected chi connectivity index (χ4v) is 1.67. The fraction of sp³-hybridized carbons (Fsp3) is 0.417. The van der Waals surface area contributed by atoms with Gasteiger partial charge in [-0.1, -0.05) is 0 Å². The molecule has 0 unspecified atom stereocenters. The maximum Gasteiger partial charge on any atom is 0.586 e. The maximum atomic E-state index is 12.8. The minimum atomic E-state index is -3.60. The van der Waals surface area contributed by atoms with E-state index in [0.717, 1.165) is 0 Å². The quantitative estimate of drug-likeness (QED) is 0.804. The standard InChI is InChI=1S/C12H14F2N2O3/c1-15-11(17)3-2-6-16-8-4-5-9-10(7-8)19-12(13,14)18-9/h4-5,7,16H,2-3,6H2,1H3,(H,15,17). The van der Waals surface area contributed by atoms with E-state index in [1.165, 1.54) is 12.1 Å². The Morgan fingerprint density at radius 1 is 1.32 bits per heavy atom. The Morgan fingerprint density at radius 2 is 2.05 bits per heavy atom. The number of anilines is 1. The van der Waals surface area contributed by atoms with Gasteiger partial charge in [-0.25, -0.2) is 0 Å². The molecule has 1 amide bonds. The highest BCUT2D eigenvalue weighted by Gasteiger charge is 2.43. The van der Waals surface area contributed by atoms with E-state index < -0.39 is 6.29 Å². The molecule has 0 aliphatic carbocycles. The molecule has 0 spiro atoms. The van der Waals surface area contributed by atoms with Gasteiger partial charge in [0.2, 0.25) is 5.91 Å². The van der Waals surface area contributed by atoms with E-state index in [-0.39, 0.29) is 17.4 Å². The van der Waals surface area contributed by atoms with Crippen molar-refractivity contribution >= 4 is 11.6 Å². The van der Waals surface area contributed by atoms with Gasteiger partial charge in [-0.05, 0) is 18.6 Å². The van der Waals surface area contributed by atoms with Gasteiger partial charge < -0.3 is 20.1 Å². The summed E-state index contributed by atoms with van der Waals surface area (Å²) in [5, 5.41) is 5.54. The minimum absolute atomic E-state index is 0.00120. The van der Waals surface area contributed by atoms with Crippen molar-refractivity contribution < 1.29 is 23.0 Å². The Morgan fingerprint density at radius 3 is 2.79 bits per heavy atom. The zero-order valence-electron chi connectivity index (χ0n) is 10.3. The van der Waals surface area contributed by atoms with Crippen LogP contribution in [-0.4, -0.2) is 25.8 Å². The summed E-state index contributed by atoms with van der Waals surface area (Å²) in [6.07, 6.45) is -2.55. The number of ether oxygens (including phenoxy) is 2. The molecule has 1 aromatic rings. The predicted octanol–water partition coefficient (Wildman–Crippen LogP) is 1.95. The number of nitrogens with one attached hydrogen (secondary N) is 2. The van der Waals surface area contributed by atoms with Crippen LogP contribution in [0.15, 0.2) is 18.2 Å². The lowest BCUT2D eigenvalue weighted by Crippen LogP contribution is -2.25. The lowest BCUT2D eigenvalue weighted by Gasteiger charge is -2.06. The molecule has 0 radical (unpaired) electrons. The summed E-state index contributed by atoms with van der Waals surface area (Å²) >= 11 is 0. The average molecular weight is 272 g/mol. The van der Waals surface area contributed by atoms with Gasteiger partial charge >= 0.3 is 6.29 Å². The van der Waals surface area contributed by atoms with E-state index in [4.69, 9.17) is 0 Å². The van der Waals surface area contributed by atoms with E-state index in [0.29, 0.717) is 25.1 Å². The van der Waals surface area contributed by atoms with Crippen LogP contribution in [0.4, 0.5) is 14.5 Å². The van der Waals surface area contributed by atoms with Crippen LogP contribution < -0.4 is 20.1 Å². The fourth-order valence-electron chi connectivity index (χ4n) is 1.67. The normalized spacial score (nSPS) is 15.1. The van der Waals surface area contributed by atoms with Crippen LogP contribution in [0.1, 0.15) is 12.8 Å². The summed E-state index contributed by atoms with van der Waals surface area (Å²) < 4.78 is 34.2. The molecule has 0 saturated carbocycles. The SMILES string of the molecule is CNC(=O)CCCNc1ccc2c(c1)OC(F)(F)O2. The van der Waals surface area contributed by atoms with Crippen LogP contribution in [0.2, 0.25) is 0 Å². The van der Waals surface area contributed by atoms with E-state index in [1.807, 2.05) is 0 Å². The van der Waals surface area contributed by atoms with Crippen molar-refractivity contribution in [2.45, 2.75) is 19.1 Å². The van der Waals surface area contributed by atoms with Gasteiger partial charge in [0, 0.05) is 31.8 Å². The number of alkyl halides is 2. The Balaban J connectivity index is 1.85. The molecule has 2 N–H and O–H groups in total. The molecule has 2 rings (SSSR count). The average Bonchev–Trinajstić information content (AvgIpc) is 2.67. The molecule has 0 bridgehead atoms. The van der Waals surface area contributed by atoms with Gasteiger partial charge in [0.25, 0.3) is 0 Å². The molecule has 1 aliphatic heterocycles. The monoisotopic (exact) mass is 272 g/mol. The molecule has 1 aliphatic rings. The van der Waals surface area contributed by atoms with Gasteiger partial charge in [0.05, 0.1) is 0 Å². The van der Waals surface area contributed by atoms with Crippen LogP contribution in [0, 0.1) is 0 Å². The molecule has 0 aromatic heterocycles. The van der Waals surface area contributed by atoms with Gasteiger partial charge in [-0.3, -0.25) is 4.79 Å². The van der Waals surface area contributed by atoms with Crippen LogP contribution in [0.25, 0.3) is 0 Å². The number of halogens is 2. The number of hydrogen-bond acceptors (Lipinski definition) is 4. The van der Waals surface area contributed by atoms with Crippen molar-refractivity contribution in [1.82, 2.24) is 5.32 Å². The largest absolute Gasteiger partial charge is 0.586 e. The smallest absolute Gasteiger partial charge is 0.395 e. The van der Waals surface area contributed by atoms with E-state index in [1.54, 1.807) is 13.1 Å². The van der Waals surface area contributed by atoms with Gasteiger partial charge in [0.1, 0.15) is 0 Å². The molecule has 0 saturated heterocycles. The van der Waals surface area contributed by atoms with Gasteiger partial charge in [-0.2, -0.15) is 0 Å². The lowest BCUT2D eigenvalue weighted by atomic mass is 10.2. The first kappa shape index (κ1) is 13.4. The number of hydrogen-bond donors (Lipinski definition) is 2. The molecule has 104 valence electrons. The second-order valence-corrected chi connectivity index (χ2v) is 4.03. The summed E-state index contributed by atoms with van der Waals surface area (Å²) in [6, 6.07) is 4.47. The first-order valence-electron chi connectivity index (χ1n) is 5.84. The summed E-state index contributed by atoms with van der Waals surface area (Å²) in [7, 11) is 1.58. The minimum Gasteiger partial charge on any atom is -0.395 e. The summed E-state index contributed by atoms with van der Waals surface area (Å²) in [4.78, 5) is 11.0. The van der Waals surface area contributed by atoms with Crippen molar-refractivity contribution in [2.75, 3.05) is 18.9 Å². The number of benzene rings is 1.